The number of guanidine groups is 1. The zero-order valence-corrected chi connectivity index (χ0v) is 17.1. The Morgan fingerprint density at radius 3 is 2.78 bits per heavy atom. The van der Waals surface area contributed by atoms with Crippen LogP contribution in [0.25, 0.3) is 0 Å². The van der Waals surface area contributed by atoms with Gasteiger partial charge in [0.2, 0.25) is 5.91 Å². The van der Waals surface area contributed by atoms with Crippen LogP contribution in [0, 0.1) is 0 Å². The second-order valence-corrected chi connectivity index (χ2v) is 7.92. The Morgan fingerprint density at radius 2 is 2.00 bits per heavy atom. The van der Waals surface area contributed by atoms with Crippen molar-refractivity contribution in [3.05, 3.63) is 56.7 Å². The molecule has 0 bridgehead atoms. The Kier molecular flexibility index (Phi) is 7.12. The third-order valence-electron chi connectivity index (χ3n) is 4.63. The maximum atomic E-state index is 12.4. The number of benzene rings is 1. The van der Waals surface area contributed by atoms with E-state index < -0.39 is 0 Å². The molecule has 1 aliphatic heterocycles. The third-order valence-corrected chi connectivity index (χ3v) is 5.91. The fourth-order valence-corrected chi connectivity index (χ4v) is 4.12. The number of nitrogens with zero attached hydrogens (tertiary/aromatic N) is 2. The number of rotatable bonds is 6. The predicted molar refractivity (Wildman–Crippen MR) is 113 cm³/mol. The van der Waals surface area contributed by atoms with Gasteiger partial charge < -0.3 is 15.5 Å². The monoisotopic (exact) mass is 404 g/mol. The Labute approximate surface area is 169 Å². The summed E-state index contributed by atoms with van der Waals surface area (Å²) in [5.74, 6) is 0.909. The summed E-state index contributed by atoms with van der Waals surface area (Å²) in [6.45, 7) is 2.90. The van der Waals surface area contributed by atoms with Crippen LogP contribution in [0.3, 0.4) is 0 Å². The van der Waals surface area contributed by atoms with E-state index in [0.29, 0.717) is 13.0 Å². The van der Waals surface area contributed by atoms with E-state index in [1.54, 1.807) is 18.4 Å². The third kappa shape index (κ3) is 5.71. The maximum Gasteiger partial charge on any atom is 0.224 e. The molecular weight excluding hydrogens is 380 g/mol. The number of nitrogens with one attached hydrogen (secondary N) is 2. The van der Waals surface area contributed by atoms with E-state index in [-0.39, 0.29) is 5.91 Å². The average Bonchev–Trinajstić information content (AvgIpc) is 3.16. The lowest BCUT2D eigenvalue weighted by Crippen LogP contribution is -2.41. The van der Waals surface area contributed by atoms with Gasteiger partial charge in [-0.3, -0.25) is 9.79 Å². The van der Waals surface area contributed by atoms with Crippen LogP contribution < -0.4 is 10.6 Å². The highest BCUT2D eigenvalue weighted by Crippen LogP contribution is 2.24. The maximum absolute atomic E-state index is 12.4. The van der Waals surface area contributed by atoms with Crippen molar-refractivity contribution in [2.24, 2.45) is 4.99 Å². The molecule has 0 saturated heterocycles. The molecule has 2 heterocycles. The molecule has 0 aliphatic carbocycles. The number of carbonyl (C=O) groups excluding carboxylic acids is 1. The van der Waals surface area contributed by atoms with E-state index in [1.165, 1.54) is 16.0 Å². The Morgan fingerprint density at radius 1 is 1.22 bits per heavy atom. The molecule has 0 atom stereocenters. The summed E-state index contributed by atoms with van der Waals surface area (Å²) in [5.41, 5.74) is 2.52. The van der Waals surface area contributed by atoms with Gasteiger partial charge in [0, 0.05) is 49.5 Å². The molecule has 3 rings (SSSR count). The van der Waals surface area contributed by atoms with Crippen LogP contribution in [0.15, 0.2) is 40.7 Å². The van der Waals surface area contributed by atoms with Gasteiger partial charge in [0.15, 0.2) is 5.96 Å². The van der Waals surface area contributed by atoms with Crippen molar-refractivity contribution in [3.8, 4) is 0 Å². The molecule has 7 heteroatoms. The minimum Gasteiger partial charge on any atom is -0.356 e. The quantitative estimate of drug-likeness (QED) is 0.574. The normalized spacial score (nSPS) is 14.0. The fourth-order valence-electron chi connectivity index (χ4n) is 3.10. The van der Waals surface area contributed by atoms with Crippen LogP contribution >= 0.6 is 22.9 Å². The highest BCUT2D eigenvalue weighted by atomic mass is 35.5. The molecule has 2 aromatic rings. The second-order valence-electron chi connectivity index (χ2n) is 6.49. The number of fused-ring (bicyclic) bond motifs is 1. The Bertz CT molecular complexity index is 788. The van der Waals surface area contributed by atoms with Crippen LogP contribution in [0.2, 0.25) is 5.02 Å². The molecule has 1 aliphatic rings. The fraction of sp³-hybridized carbons (Fsp3) is 0.400. The summed E-state index contributed by atoms with van der Waals surface area (Å²) >= 11 is 7.69. The van der Waals surface area contributed by atoms with Crippen molar-refractivity contribution < 1.29 is 4.79 Å². The Balaban J connectivity index is 1.36. The molecule has 1 amide bonds. The first-order valence-corrected chi connectivity index (χ1v) is 10.4. The number of thiophene rings is 1. The zero-order valence-electron chi connectivity index (χ0n) is 15.5. The van der Waals surface area contributed by atoms with Gasteiger partial charge in [0.1, 0.15) is 0 Å². The molecule has 0 fully saturated rings. The van der Waals surface area contributed by atoms with Crippen LogP contribution in [0.5, 0.6) is 0 Å². The van der Waals surface area contributed by atoms with Gasteiger partial charge in [-0.05, 0) is 47.5 Å². The largest absolute Gasteiger partial charge is 0.356 e. The van der Waals surface area contributed by atoms with Gasteiger partial charge in [-0.15, -0.1) is 11.3 Å². The highest BCUT2D eigenvalue weighted by molar-refractivity contribution is 7.10. The average molecular weight is 405 g/mol. The molecule has 2 N–H and O–H groups in total. The van der Waals surface area contributed by atoms with Crippen LogP contribution in [-0.2, 0) is 24.2 Å². The first kappa shape index (κ1) is 19.7. The van der Waals surface area contributed by atoms with E-state index in [4.69, 9.17) is 11.6 Å². The topological polar surface area (TPSA) is 56.7 Å². The SMILES string of the molecule is CN=C(NCCC(=O)N1CCc2sccc2C1)NCCc1ccc(Cl)cc1. The van der Waals surface area contributed by atoms with Crippen LogP contribution in [0.1, 0.15) is 22.4 Å². The summed E-state index contributed by atoms with van der Waals surface area (Å²) in [7, 11) is 1.74. The number of hydrogen-bond acceptors (Lipinski definition) is 3. The van der Waals surface area contributed by atoms with Gasteiger partial charge in [0.25, 0.3) is 0 Å². The lowest BCUT2D eigenvalue weighted by molar-refractivity contribution is -0.131. The van der Waals surface area contributed by atoms with Crippen molar-refractivity contribution in [1.29, 1.82) is 0 Å². The molecule has 0 saturated carbocycles. The first-order chi connectivity index (χ1) is 13.2. The van der Waals surface area contributed by atoms with E-state index in [9.17, 15) is 4.79 Å². The van der Waals surface area contributed by atoms with Crippen LogP contribution in [-0.4, -0.2) is 43.4 Å². The minimum atomic E-state index is 0.191. The number of carbonyl (C=O) groups is 1. The van der Waals surface area contributed by atoms with Crippen molar-refractivity contribution in [2.45, 2.75) is 25.8 Å². The van der Waals surface area contributed by atoms with Gasteiger partial charge >= 0.3 is 0 Å². The van der Waals surface area contributed by atoms with Gasteiger partial charge in [0.05, 0.1) is 0 Å². The van der Waals surface area contributed by atoms with Crippen molar-refractivity contribution >= 4 is 34.8 Å². The molecule has 27 heavy (non-hydrogen) atoms. The molecule has 144 valence electrons. The standard InChI is InChI=1S/C20H25ClN4OS/c1-22-20(23-10-6-15-2-4-17(21)5-3-15)24-11-7-19(26)25-12-8-18-16(14-25)9-13-27-18/h2-5,9,13H,6-8,10-12,14H2,1H3,(H2,22,23,24). The van der Waals surface area contributed by atoms with Gasteiger partial charge in [-0.1, -0.05) is 23.7 Å². The molecule has 0 radical (unpaired) electrons. The second kappa shape index (κ2) is 9.76. The first-order valence-electron chi connectivity index (χ1n) is 9.17. The smallest absolute Gasteiger partial charge is 0.224 e. The van der Waals surface area contributed by atoms with Gasteiger partial charge in [-0.25, -0.2) is 0 Å². The van der Waals surface area contributed by atoms with Crippen LogP contribution in [0.4, 0.5) is 0 Å². The van der Waals surface area contributed by atoms with E-state index >= 15 is 0 Å². The molecule has 1 aromatic heterocycles. The summed E-state index contributed by atoms with van der Waals surface area (Å²) in [5, 5.41) is 9.36. The molecule has 5 nitrogen and oxygen atoms in total. The molecule has 1 aromatic carbocycles. The van der Waals surface area contributed by atoms with Crippen molar-refractivity contribution in [1.82, 2.24) is 15.5 Å². The lowest BCUT2D eigenvalue weighted by Gasteiger charge is -2.27. The minimum absolute atomic E-state index is 0.191. The lowest BCUT2D eigenvalue weighted by atomic mass is 10.1. The predicted octanol–water partition coefficient (Wildman–Crippen LogP) is 3.08. The number of aliphatic imine (C=N–C) groups is 1. The van der Waals surface area contributed by atoms with E-state index in [2.05, 4.69) is 27.1 Å². The summed E-state index contributed by atoms with van der Waals surface area (Å²) in [4.78, 5) is 20.0. The number of amides is 1. The van der Waals surface area contributed by atoms with Crippen molar-refractivity contribution in [2.75, 3.05) is 26.7 Å². The summed E-state index contributed by atoms with van der Waals surface area (Å²) < 4.78 is 0. The highest BCUT2D eigenvalue weighted by Gasteiger charge is 2.20. The molecule has 0 spiro atoms. The van der Waals surface area contributed by atoms with E-state index in [1.807, 2.05) is 29.2 Å². The van der Waals surface area contributed by atoms with Gasteiger partial charge in [-0.2, -0.15) is 0 Å². The zero-order chi connectivity index (χ0) is 19.1. The van der Waals surface area contributed by atoms with Crippen molar-refractivity contribution in [3.63, 3.8) is 0 Å². The number of halogens is 1. The molecular formula is C20H25ClN4OS. The van der Waals surface area contributed by atoms with E-state index in [0.717, 1.165) is 43.5 Å². The summed E-state index contributed by atoms with van der Waals surface area (Å²) in [6.07, 6.45) is 2.32. The molecule has 0 unspecified atom stereocenters. The summed E-state index contributed by atoms with van der Waals surface area (Å²) in [6, 6.07) is 9.97. The Hall–Kier alpha value is -2.05. The number of hydrogen-bond donors (Lipinski definition) is 2.